The Hall–Kier alpha value is -1.16. The molecule has 2 aliphatic rings. The van der Waals surface area contributed by atoms with Gasteiger partial charge in [0.2, 0.25) is 0 Å². The van der Waals surface area contributed by atoms with Crippen LogP contribution >= 0.6 is 0 Å². The smallest absolute Gasteiger partial charge is 0.129 e. The summed E-state index contributed by atoms with van der Waals surface area (Å²) >= 11 is 0. The standard InChI is InChI=1S/C13H20N4/c1-2-10(3-1)12-8-13(16-9-15-12)17-11-4-6-14-7-5-11/h8-11,14H,1-7H2,(H,15,16,17). The Morgan fingerprint density at radius 1 is 1.12 bits per heavy atom. The van der Waals surface area contributed by atoms with E-state index in [4.69, 9.17) is 0 Å². The lowest BCUT2D eigenvalue weighted by molar-refractivity contribution is 0.410. The summed E-state index contributed by atoms with van der Waals surface area (Å²) in [6.07, 6.45) is 8.02. The van der Waals surface area contributed by atoms with Crippen molar-refractivity contribution in [1.82, 2.24) is 15.3 Å². The van der Waals surface area contributed by atoms with Crippen molar-refractivity contribution in [3.8, 4) is 0 Å². The van der Waals surface area contributed by atoms with Crippen LogP contribution < -0.4 is 10.6 Å². The first-order chi connectivity index (χ1) is 8.42. The van der Waals surface area contributed by atoms with E-state index in [-0.39, 0.29) is 0 Å². The van der Waals surface area contributed by atoms with Crippen LogP contribution in [0.15, 0.2) is 12.4 Å². The van der Waals surface area contributed by atoms with Crippen molar-refractivity contribution in [1.29, 1.82) is 0 Å². The first-order valence-corrected chi connectivity index (χ1v) is 6.71. The molecule has 2 heterocycles. The zero-order valence-electron chi connectivity index (χ0n) is 10.2. The molecule has 1 aromatic rings. The second-order valence-electron chi connectivity index (χ2n) is 5.12. The summed E-state index contributed by atoms with van der Waals surface area (Å²) in [4.78, 5) is 8.72. The minimum atomic E-state index is 0.570. The predicted octanol–water partition coefficient (Wildman–Crippen LogP) is 1.91. The number of piperidine rings is 1. The molecule has 1 saturated heterocycles. The van der Waals surface area contributed by atoms with E-state index in [0.29, 0.717) is 12.0 Å². The van der Waals surface area contributed by atoms with Gasteiger partial charge in [-0.2, -0.15) is 0 Å². The van der Waals surface area contributed by atoms with E-state index < -0.39 is 0 Å². The van der Waals surface area contributed by atoms with Crippen LogP contribution in [0.2, 0.25) is 0 Å². The van der Waals surface area contributed by atoms with E-state index in [2.05, 4.69) is 26.7 Å². The van der Waals surface area contributed by atoms with Gasteiger partial charge in [-0.3, -0.25) is 0 Å². The lowest BCUT2D eigenvalue weighted by atomic mass is 9.83. The molecule has 1 aromatic heterocycles. The summed E-state index contributed by atoms with van der Waals surface area (Å²) in [6, 6.07) is 2.71. The zero-order chi connectivity index (χ0) is 11.5. The van der Waals surface area contributed by atoms with Crippen molar-refractivity contribution in [2.75, 3.05) is 18.4 Å². The highest BCUT2D eigenvalue weighted by molar-refractivity contribution is 5.37. The third kappa shape index (κ3) is 2.57. The molecule has 0 aromatic carbocycles. The van der Waals surface area contributed by atoms with Gasteiger partial charge in [0.1, 0.15) is 12.1 Å². The van der Waals surface area contributed by atoms with Crippen LogP contribution in [0.4, 0.5) is 5.82 Å². The highest BCUT2D eigenvalue weighted by atomic mass is 15.1. The van der Waals surface area contributed by atoms with Crippen molar-refractivity contribution in [3.05, 3.63) is 18.1 Å². The van der Waals surface area contributed by atoms with Crippen molar-refractivity contribution in [2.24, 2.45) is 0 Å². The number of nitrogens with zero attached hydrogens (tertiary/aromatic N) is 2. The summed E-state index contributed by atoms with van der Waals surface area (Å²) in [5.74, 6) is 1.69. The summed E-state index contributed by atoms with van der Waals surface area (Å²) in [5, 5.41) is 6.91. The van der Waals surface area contributed by atoms with E-state index in [1.165, 1.54) is 37.8 Å². The first-order valence-electron chi connectivity index (χ1n) is 6.71. The van der Waals surface area contributed by atoms with Gasteiger partial charge in [-0.15, -0.1) is 0 Å². The topological polar surface area (TPSA) is 49.8 Å². The SMILES string of the molecule is c1nc(NC2CCNCC2)cc(C2CCC2)n1. The van der Waals surface area contributed by atoms with Gasteiger partial charge in [0.25, 0.3) is 0 Å². The molecule has 0 bridgehead atoms. The van der Waals surface area contributed by atoms with Crippen molar-refractivity contribution in [3.63, 3.8) is 0 Å². The summed E-state index contributed by atoms with van der Waals surface area (Å²) in [7, 11) is 0. The molecule has 0 radical (unpaired) electrons. The zero-order valence-corrected chi connectivity index (χ0v) is 10.2. The average molecular weight is 232 g/mol. The fourth-order valence-corrected chi connectivity index (χ4v) is 2.55. The Kier molecular flexibility index (Phi) is 3.22. The number of aromatic nitrogens is 2. The number of nitrogens with one attached hydrogen (secondary N) is 2. The molecule has 4 nitrogen and oxygen atoms in total. The Balaban J connectivity index is 1.65. The van der Waals surface area contributed by atoms with Crippen LogP contribution in [0, 0.1) is 0 Å². The second kappa shape index (κ2) is 5.00. The third-order valence-corrected chi connectivity index (χ3v) is 3.90. The fraction of sp³-hybridized carbons (Fsp3) is 0.692. The normalized spacial score (nSPS) is 22.1. The molecule has 2 N–H and O–H groups in total. The van der Waals surface area contributed by atoms with Crippen molar-refractivity contribution in [2.45, 2.75) is 44.1 Å². The van der Waals surface area contributed by atoms with E-state index in [1.807, 2.05) is 0 Å². The minimum absolute atomic E-state index is 0.570. The molecule has 2 fully saturated rings. The lowest BCUT2D eigenvalue weighted by Gasteiger charge is -2.26. The van der Waals surface area contributed by atoms with Crippen LogP contribution in [0.1, 0.15) is 43.7 Å². The minimum Gasteiger partial charge on any atom is -0.367 e. The predicted molar refractivity (Wildman–Crippen MR) is 68.1 cm³/mol. The number of hydrogen-bond acceptors (Lipinski definition) is 4. The maximum absolute atomic E-state index is 4.39. The van der Waals surface area contributed by atoms with Gasteiger partial charge in [0.05, 0.1) is 0 Å². The van der Waals surface area contributed by atoms with Crippen molar-refractivity contribution < 1.29 is 0 Å². The molecule has 1 aliphatic heterocycles. The molecule has 1 saturated carbocycles. The van der Waals surface area contributed by atoms with Gasteiger partial charge in [-0.25, -0.2) is 9.97 Å². The molecule has 0 spiro atoms. The van der Waals surface area contributed by atoms with E-state index in [0.717, 1.165) is 18.9 Å². The number of rotatable bonds is 3. The van der Waals surface area contributed by atoms with Crippen molar-refractivity contribution >= 4 is 5.82 Å². The van der Waals surface area contributed by atoms with Gasteiger partial charge in [-0.05, 0) is 38.8 Å². The van der Waals surface area contributed by atoms with Gasteiger partial charge in [-0.1, -0.05) is 6.42 Å². The quantitative estimate of drug-likeness (QED) is 0.836. The maximum atomic E-state index is 4.39. The van der Waals surface area contributed by atoms with Crippen LogP contribution in [0.3, 0.4) is 0 Å². The molecule has 3 rings (SSSR count). The van der Waals surface area contributed by atoms with Crippen LogP contribution in [0.25, 0.3) is 0 Å². The average Bonchev–Trinajstić information content (AvgIpc) is 2.28. The van der Waals surface area contributed by atoms with Gasteiger partial charge >= 0.3 is 0 Å². The van der Waals surface area contributed by atoms with Gasteiger partial charge < -0.3 is 10.6 Å². The molecule has 4 heteroatoms. The Labute approximate surface area is 102 Å². The fourth-order valence-electron chi connectivity index (χ4n) is 2.55. The lowest BCUT2D eigenvalue weighted by Crippen LogP contribution is -2.35. The molecule has 17 heavy (non-hydrogen) atoms. The molecule has 0 unspecified atom stereocenters. The monoisotopic (exact) mass is 232 g/mol. The Bertz CT molecular complexity index is 369. The first kappa shape index (κ1) is 11.0. The van der Waals surface area contributed by atoms with Crippen LogP contribution in [-0.4, -0.2) is 29.1 Å². The highest BCUT2D eigenvalue weighted by Crippen LogP contribution is 2.35. The second-order valence-corrected chi connectivity index (χ2v) is 5.12. The van der Waals surface area contributed by atoms with E-state index in [9.17, 15) is 0 Å². The number of hydrogen-bond donors (Lipinski definition) is 2. The molecular formula is C13H20N4. The van der Waals surface area contributed by atoms with E-state index in [1.54, 1.807) is 6.33 Å². The number of anilines is 1. The summed E-state index contributed by atoms with van der Waals surface area (Å²) in [6.45, 7) is 2.22. The maximum Gasteiger partial charge on any atom is 0.129 e. The molecule has 1 aliphatic carbocycles. The summed E-state index contributed by atoms with van der Waals surface area (Å²) < 4.78 is 0. The van der Waals surface area contributed by atoms with Gasteiger partial charge in [0.15, 0.2) is 0 Å². The van der Waals surface area contributed by atoms with Crippen LogP contribution in [0.5, 0.6) is 0 Å². The molecular weight excluding hydrogens is 212 g/mol. The third-order valence-electron chi connectivity index (χ3n) is 3.90. The van der Waals surface area contributed by atoms with Crippen LogP contribution in [-0.2, 0) is 0 Å². The molecule has 0 atom stereocenters. The molecule has 0 amide bonds. The largest absolute Gasteiger partial charge is 0.367 e. The highest BCUT2D eigenvalue weighted by Gasteiger charge is 2.21. The molecule has 92 valence electrons. The Morgan fingerprint density at radius 2 is 1.94 bits per heavy atom. The summed E-state index contributed by atoms with van der Waals surface area (Å²) in [5.41, 5.74) is 1.22. The van der Waals surface area contributed by atoms with E-state index >= 15 is 0 Å². The Morgan fingerprint density at radius 3 is 2.65 bits per heavy atom. The van der Waals surface area contributed by atoms with Gasteiger partial charge in [0, 0.05) is 23.7 Å².